The van der Waals surface area contributed by atoms with Gasteiger partial charge in [0, 0.05) is 43.7 Å². The van der Waals surface area contributed by atoms with Gasteiger partial charge in [-0.05, 0) is 62.1 Å². The predicted octanol–water partition coefficient (Wildman–Crippen LogP) is 2.34. The van der Waals surface area contributed by atoms with Crippen molar-refractivity contribution in [3.63, 3.8) is 0 Å². The molecule has 10 heteroatoms. The zero-order chi connectivity index (χ0) is 26.4. The summed E-state index contributed by atoms with van der Waals surface area (Å²) < 4.78 is 38.1. The van der Waals surface area contributed by atoms with Gasteiger partial charge in [-0.3, -0.25) is 9.59 Å². The summed E-state index contributed by atoms with van der Waals surface area (Å²) in [5.41, 5.74) is 1.63. The quantitative estimate of drug-likeness (QED) is 0.435. The van der Waals surface area contributed by atoms with E-state index in [4.69, 9.17) is 0 Å². The number of halogens is 1. The van der Waals surface area contributed by atoms with E-state index in [0.717, 1.165) is 31.4 Å². The average Bonchev–Trinajstić information content (AvgIpc) is 3.67. The van der Waals surface area contributed by atoms with Crippen LogP contribution in [0.5, 0.6) is 0 Å². The molecular weight excluding hydrogens is 495 g/mol. The smallest absolute Gasteiger partial charge is 0.251 e. The highest BCUT2D eigenvalue weighted by atomic mass is 32.2. The van der Waals surface area contributed by atoms with E-state index >= 15 is 0 Å². The fourth-order valence-electron chi connectivity index (χ4n) is 4.81. The van der Waals surface area contributed by atoms with Crippen LogP contribution in [0.4, 0.5) is 4.39 Å². The number of sulfonamides is 1. The first kappa shape index (κ1) is 27.2. The molecule has 37 heavy (non-hydrogen) atoms. The van der Waals surface area contributed by atoms with E-state index in [0.29, 0.717) is 37.0 Å². The summed E-state index contributed by atoms with van der Waals surface area (Å²) in [7, 11) is -3.29. The summed E-state index contributed by atoms with van der Waals surface area (Å²) >= 11 is 0. The van der Waals surface area contributed by atoms with Crippen LogP contribution in [0.15, 0.2) is 54.6 Å². The summed E-state index contributed by atoms with van der Waals surface area (Å²) in [5.74, 6) is -0.295. The number of rotatable bonds is 11. The lowest BCUT2D eigenvalue weighted by molar-refractivity contribution is -0.134. The molecule has 4 rings (SSSR count). The van der Waals surface area contributed by atoms with Crippen LogP contribution in [-0.4, -0.2) is 80.5 Å². The molecule has 1 aliphatic heterocycles. The van der Waals surface area contributed by atoms with E-state index in [1.807, 2.05) is 18.2 Å². The highest BCUT2D eigenvalue weighted by Crippen LogP contribution is 2.40. The van der Waals surface area contributed by atoms with E-state index in [-0.39, 0.29) is 30.7 Å². The van der Waals surface area contributed by atoms with Crippen molar-refractivity contribution in [2.75, 3.05) is 39.0 Å². The normalized spacial score (nSPS) is 20.9. The zero-order valence-corrected chi connectivity index (χ0v) is 21.9. The molecule has 1 heterocycles. The summed E-state index contributed by atoms with van der Waals surface area (Å²) in [4.78, 5) is 27.8. The number of benzene rings is 2. The molecule has 0 radical (unpaired) electrons. The molecule has 2 fully saturated rings. The molecule has 2 aromatic carbocycles. The van der Waals surface area contributed by atoms with Crippen molar-refractivity contribution in [3.8, 4) is 0 Å². The second-order valence-electron chi connectivity index (χ2n) is 9.83. The standard InChI is InChI=1S/C27H35FN4O4S/c1-37(35,36)32-17-15-31(16-18-32)27(34)24(30-26(33)21-7-3-2-4-8-21)9-5-6-14-29-25-19-23(25)20-10-12-22(28)13-11-20/h2-4,7-8,10-13,23-25,29H,5-6,9,14-19H2,1H3,(H,30,33)/t23-,24+,25+/m1/s1. The minimum atomic E-state index is -3.29. The van der Waals surface area contributed by atoms with Crippen molar-refractivity contribution in [2.24, 2.45) is 0 Å². The van der Waals surface area contributed by atoms with Gasteiger partial charge in [-0.1, -0.05) is 30.3 Å². The van der Waals surface area contributed by atoms with Gasteiger partial charge >= 0.3 is 0 Å². The maximum atomic E-state index is 13.3. The molecule has 200 valence electrons. The molecule has 1 aliphatic carbocycles. The Balaban J connectivity index is 1.27. The van der Waals surface area contributed by atoms with Crippen LogP contribution >= 0.6 is 0 Å². The Morgan fingerprint density at radius 1 is 1.00 bits per heavy atom. The minimum Gasteiger partial charge on any atom is -0.340 e. The van der Waals surface area contributed by atoms with E-state index < -0.39 is 16.1 Å². The summed E-state index contributed by atoms with van der Waals surface area (Å²) in [6, 6.07) is 15.2. The summed E-state index contributed by atoms with van der Waals surface area (Å²) in [6.45, 7) is 1.91. The van der Waals surface area contributed by atoms with Crippen molar-refractivity contribution in [1.29, 1.82) is 0 Å². The van der Waals surface area contributed by atoms with Gasteiger partial charge in [-0.15, -0.1) is 0 Å². The fraction of sp³-hybridized carbons (Fsp3) is 0.481. The SMILES string of the molecule is CS(=O)(=O)N1CCN(C(=O)[C@H](CCCCN[C@H]2C[C@@H]2c2ccc(F)cc2)NC(=O)c2ccccc2)CC1. The average molecular weight is 531 g/mol. The van der Waals surface area contributed by atoms with Crippen molar-refractivity contribution >= 4 is 21.8 Å². The molecule has 0 spiro atoms. The third kappa shape index (κ3) is 7.59. The molecule has 2 aliphatic rings. The number of hydrogen-bond acceptors (Lipinski definition) is 5. The number of nitrogens with one attached hydrogen (secondary N) is 2. The van der Waals surface area contributed by atoms with E-state index in [1.54, 1.807) is 29.2 Å². The van der Waals surface area contributed by atoms with Gasteiger partial charge in [0.25, 0.3) is 5.91 Å². The largest absolute Gasteiger partial charge is 0.340 e. The van der Waals surface area contributed by atoms with Crippen molar-refractivity contribution in [2.45, 2.75) is 43.7 Å². The lowest BCUT2D eigenvalue weighted by Crippen LogP contribution is -2.55. The zero-order valence-electron chi connectivity index (χ0n) is 21.1. The summed E-state index contributed by atoms with van der Waals surface area (Å²) in [6.07, 6.45) is 4.29. The van der Waals surface area contributed by atoms with Crippen molar-refractivity contribution in [3.05, 3.63) is 71.5 Å². The Morgan fingerprint density at radius 2 is 1.68 bits per heavy atom. The number of hydrogen-bond donors (Lipinski definition) is 2. The van der Waals surface area contributed by atoms with E-state index in [2.05, 4.69) is 10.6 Å². The molecule has 3 atom stereocenters. The van der Waals surface area contributed by atoms with Crippen LogP contribution in [0.3, 0.4) is 0 Å². The monoisotopic (exact) mass is 530 g/mol. The van der Waals surface area contributed by atoms with E-state index in [1.165, 1.54) is 22.7 Å². The van der Waals surface area contributed by atoms with Crippen molar-refractivity contribution < 1.29 is 22.4 Å². The van der Waals surface area contributed by atoms with Gasteiger partial charge in [0.15, 0.2) is 0 Å². The Bertz CT molecular complexity index is 1170. The van der Waals surface area contributed by atoms with Crippen LogP contribution < -0.4 is 10.6 Å². The van der Waals surface area contributed by atoms with Gasteiger partial charge in [0.2, 0.25) is 15.9 Å². The fourth-order valence-corrected chi connectivity index (χ4v) is 5.64. The van der Waals surface area contributed by atoms with Gasteiger partial charge in [0.1, 0.15) is 11.9 Å². The molecule has 8 nitrogen and oxygen atoms in total. The molecule has 0 bridgehead atoms. The number of unbranched alkanes of at least 4 members (excludes halogenated alkanes) is 1. The molecule has 0 unspecified atom stereocenters. The maximum Gasteiger partial charge on any atom is 0.251 e. The number of nitrogens with zero attached hydrogens (tertiary/aromatic N) is 2. The third-order valence-electron chi connectivity index (χ3n) is 7.07. The Hall–Kier alpha value is -2.82. The van der Waals surface area contributed by atoms with Gasteiger partial charge < -0.3 is 15.5 Å². The lowest BCUT2D eigenvalue weighted by Gasteiger charge is -2.35. The molecule has 2 N–H and O–H groups in total. The molecule has 2 aromatic rings. The van der Waals surface area contributed by atoms with Gasteiger partial charge in [-0.25, -0.2) is 12.8 Å². The first-order chi connectivity index (χ1) is 17.7. The molecular formula is C27H35FN4O4S. The van der Waals surface area contributed by atoms with Crippen LogP contribution in [0, 0.1) is 5.82 Å². The topological polar surface area (TPSA) is 98.8 Å². The minimum absolute atomic E-state index is 0.177. The molecule has 1 saturated carbocycles. The first-order valence-electron chi connectivity index (χ1n) is 12.8. The predicted molar refractivity (Wildman–Crippen MR) is 140 cm³/mol. The van der Waals surface area contributed by atoms with Crippen LogP contribution in [-0.2, 0) is 14.8 Å². The first-order valence-corrected chi connectivity index (χ1v) is 14.7. The Labute approximate surface area is 218 Å². The third-order valence-corrected chi connectivity index (χ3v) is 8.38. The molecule has 0 aromatic heterocycles. The summed E-state index contributed by atoms with van der Waals surface area (Å²) in [5, 5.41) is 6.44. The van der Waals surface area contributed by atoms with Crippen LogP contribution in [0.2, 0.25) is 0 Å². The van der Waals surface area contributed by atoms with Crippen LogP contribution in [0.25, 0.3) is 0 Å². The number of carbonyl (C=O) groups is 2. The highest BCUT2D eigenvalue weighted by Gasteiger charge is 2.37. The highest BCUT2D eigenvalue weighted by molar-refractivity contribution is 7.88. The Morgan fingerprint density at radius 3 is 2.32 bits per heavy atom. The van der Waals surface area contributed by atoms with E-state index in [9.17, 15) is 22.4 Å². The molecule has 2 amide bonds. The second kappa shape index (κ2) is 12.1. The number of carbonyl (C=O) groups excluding carboxylic acids is 2. The number of amides is 2. The molecule has 1 saturated heterocycles. The second-order valence-corrected chi connectivity index (χ2v) is 11.8. The maximum absolute atomic E-state index is 13.3. The lowest BCUT2D eigenvalue weighted by atomic mass is 10.1. The van der Waals surface area contributed by atoms with Gasteiger partial charge in [-0.2, -0.15) is 4.31 Å². The number of piperazine rings is 1. The van der Waals surface area contributed by atoms with Crippen molar-refractivity contribution in [1.82, 2.24) is 19.8 Å². The van der Waals surface area contributed by atoms with Crippen LogP contribution in [0.1, 0.15) is 47.5 Å². The van der Waals surface area contributed by atoms with Gasteiger partial charge in [0.05, 0.1) is 6.26 Å². The Kier molecular flexibility index (Phi) is 8.94.